The van der Waals surface area contributed by atoms with Gasteiger partial charge in [-0.2, -0.15) is 5.10 Å². The molecule has 158 valence electrons. The summed E-state index contributed by atoms with van der Waals surface area (Å²) in [4.78, 5) is 9.74. The van der Waals surface area contributed by atoms with Crippen LogP contribution in [0.15, 0.2) is 30.3 Å². The molecule has 5 rings (SSSR count). The van der Waals surface area contributed by atoms with Crippen LogP contribution in [-0.4, -0.2) is 70.9 Å². The molecule has 8 nitrogen and oxygen atoms in total. The standard InChI is InChI=1S/C22H29N7O/c23-20-19-17-6-8-29(14-16-4-2-1-3-5-16)15-18(17)21(25-22(19)27-26-20)24-7-9-28-10-12-30-13-11-28/h1-5H,6-15H2,(H4,23,24,25,26,27). The van der Waals surface area contributed by atoms with Crippen molar-refractivity contribution >= 4 is 22.7 Å². The van der Waals surface area contributed by atoms with Crippen molar-refractivity contribution in [3.63, 3.8) is 0 Å². The quantitative estimate of drug-likeness (QED) is 0.574. The van der Waals surface area contributed by atoms with Gasteiger partial charge in [0, 0.05) is 51.4 Å². The number of morpholine rings is 1. The smallest absolute Gasteiger partial charge is 0.185 e. The summed E-state index contributed by atoms with van der Waals surface area (Å²) in [7, 11) is 0. The molecule has 1 fully saturated rings. The molecule has 0 saturated carbocycles. The number of benzene rings is 1. The van der Waals surface area contributed by atoms with Crippen molar-refractivity contribution < 1.29 is 4.74 Å². The molecule has 0 aliphatic carbocycles. The number of hydrogen-bond donors (Lipinski definition) is 3. The molecule has 4 heterocycles. The lowest BCUT2D eigenvalue weighted by molar-refractivity contribution is 0.0398. The molecule has 0 amide bonds. The Hall–Kier alpha value is -2.68. The second kappa shape index (κ2) is 8.59. The third-order valence-corrected chi connectivity index (χ3v) is 6.08. The maximum atomic E-state index is 6.20. The van der Waals surface area contributed by atoms with E-state index in [9.17, 15) is 0 Å². The third-order valence-electron chi connectivity index (χ3n) is 6.08. The molecule has 0 radical (unpaired) electrons. The summed E-state index contributed by atoms with van der Waals surface area (Å²) < 4.78 is 5.45. The molecular weight excluding hydrogens is 378 g/mol. The van der Waals surface area contributed by atoms with E-state index in [4.69, 9.17) is 15.5 Å². The molecule has 2 aliphatic rings. The maximum Gasteiger partial charge on any atom is 0.185 e. The van der Waals surface area contributed by atoms with Crippen molar-refractivity contribution in [1.82, 2.24) is 25.0 Å². The van der Waals surface area contributed by atoms with Crippen molar-refractivity contribution in [2.24, 2.45) is 0 Å². The van der Waals surface area contributed by atoms with Gasteiger partial charge in [-0.3, -0.25) is 14.9 Å². The number of pyridine rings is 1. The van der Waals surface area contributed by atoms with Crippen LogP contribution in [0.3, 0.4) is 0 Å². The van der Waals surface area contributed by atoms with E-state index in [1.165, 1.54) is 16.7 Å². The second-order valence-corrected chi connectivity index (χ2v) is 8.08. The highest BCUT2D eigenvalue weighted by Gasteiger charge is 2.25. The number of nitrogens with zero attached hydrogens (tertiary/aromatic N) is 4. The van der Waals surface area contributed by atoms with Crippen LogP contribution in [-0.2, 0) is 24.2 Å². The Bertz CT molecular complexity index is 998. The first-order valence-corrected chi connectivity index (χ1v) is 10.7. The fourth-order valence-corrected chi connectivity index (χ4v) is 4.49. The van der Waals surface area contributed by atoms with E-state index in [1.807, 2.05) is 0 Å². The normalized spacial score (nSPS) is 17.9. The first-order chi connectivity index (χ1) is 14.8. The first kappa shape index (κ1) is 19.3. The molecule has 8 heteroatoms. The number of aromatic amines is 1. The minimum atomic E-state index is 0.616. The number of ether oxygens (including phenoxy) is 1. The molecule has 1 saturated heterocycles. The Morgan fingerprint density at radius 1 is 1.07 bits per heavy atom. The summed E-state index contributed by atoms with van der Waals surface area (Å²) in [6, 6.07) is 10.6. The summed E-state index contributed by atoms with van der Waals surface area (Å²) in [6.45, 7) is 8.25. The van der Waals surface area contributed by atoms with E-state index in [0.717, 1.165) is 76.7 Å². The van der Waals surface area contributed by atoms with Crippen LogP contribution in [0.4, 0.5) is 11.6 Å². The van der Waals surface area contributed by atoms with Crippen LogP contribution in [0.25, 0.3) is 11.0 Å². The first-order valence-electron chi connectivity index (χ1n) is 10.7. The molecule has 30 heavy (non-hydrogen) atoms. The number of nitrogens with two attached hydrogens (primary N) is 1. The molecule has 1 aromatic carbocycles. The number of rotatable bonds is 6. The average molecular weight is 408 g/mol. The number of anilines is 2. The van der Waals surface area contributed by atoms with Crippen molar-refractivity contribution in [1.29, 1.82) is 0 Å². The van der Waals surface area contributed by atoms with E-state index < -0.39 is 0 Å². The average Bonchev–Trinajstić information content (AvgIpc) is 3.16. The number of H-pyrrole nitrogens is 1. The van der Waals surface area contributed by atoms with E-state index >= 15 is 0 Å². The predicted molar refractivity (Wildman–Crippen MR) is 118 cm³/mol. The lowest BCUT2D eigenvalue weighted by Crippen LogP contribution is -2.39. The van der Waals surface area contributed by atoms with Crippen LogP contribution in [0, 0.1) is 0 Å². The van der Waals surface area contributed by atoms with E-state index in [1.54, 1.807) is 0 Å². The molecule has 0 unspecified atom stereocenters. The minimum absolute atomic E-state index is 0.616. The van der Waals surface area contributed by atoms with Gasteiger partial charge < -0.3 is 15.8 Å². The Kier molecular flexibility index (Phi) is 5.52. The van der Waals surface area contributed by atoms with Gasteiger partial charge in [0.25, 0.3) is 0 Å². The molecule has 2 aliphatic heterocycles. The van der Waals surface area contributed by atoms with Gasteiger partial charge in [0.15, 0.2) is 5.65 Å². The van der Waals surface area contributed by atoms with Crippen molar-refractivity contribution in [3.8, 4) is 0 Å². The van der Waals surface area contributed by atoms with Crippen LogP contribution in [0.5, 0.6) is 0 Å². The summed E-state index contributed by atoms with van der Waals surface area (Å²) in [5, 5.41) is 11.8. The SMILES string of the molecule is Nc1[nH]nc2nc(NCCN3CCOCC3)c3c(c12)CCN(Cc1ccccc1)C3. The lowest BCUT2D eigenvalue weighted by atomic mass is 9.97. The number of nitrogen functional groups attached to an aromatic ring is 1. The zero-order chi connectivity index (χ0) is 20.3. The summed E-state index contributed by atoms with van der Waals surface area (Å²) >= 11 is 0. The Morgan fingerprint density at radius 3 is 2.73 bits per heavy atom. The van der Waals surface area contributed by atoms with Gasteiger partial charge >= 0.3 is 0 Å². The van der Waals surface area contributed by atoms with Gasteiger partial charge in [-0.25, -0.2) is 4.98 Å². The van der Waals surface area contributed by atoms with Gasteiger partial charge in [-0.15, -0.1) is 0 Å². The van der Waals surface area contributed by atoms with Gasteiger partial charge in [0.2, 0.25) is 0 Å². The number of aromatic nitrogens is 3. The topological polar surface area (TPSA) is 95.3 Å². The van der Waals surface area contributed by atoms with Gasteiger partial charge in [0.05, 0.1) is 18.6 Å². The van der Waals surface area contributed by atoms with Crippen molar-refractivity contribution in [3.05, 3.63) is 47.0 Å². The van der Waals surface area contributed by atoms with E-state index in [0.29, 0.717) is 11.5 Å². The third kappa shape index (κ3) is 3.98. The Morgan fingerprint density at radius 2 is 1.90 bits per heavy atom. The minimum Gasteiger partial charge on any atom is -0.384 e. The zero-order valence-corrected chi connectivity index (χ0v) is 17.2. The monoisotopic (exact) mass is 407 g/mol. The number of nitrogens with one attached hydrogen (secondary N) is 2. The van der Waals surface area contributed by atoms with E-state index in [2.05, 4.69) is 55.6 Å². The van der Waals surface area contributed by atoms with Crippen LogP contribution >= 0.6 is 0 Å². The van der Waals surface area contributed by atoms with Crippen molar-refractivity contribution in [2.75, 3.05) is 57.0 Å². The Labute approximate surface area is 176 Å². The zero-order valence-electron chi connectivity index (χ0n) is 17.2. The van der Waals surface area contributed by atoms with E-state index in [-0.39, 0.29) is 0 Å². The molecule has 0 atom stereocenters. The molecule has 2 aromatic heterocycles. The van der Waals surface area contributed by atoms with Gasteiger partial charge in [-0.05, 0) is 17.5 Å². The molecule has 4 N–H and O–H groups in total. The number of hydrogen-bond acceptors (Lipinski definition) is 7. The fourth-order valence-electron chi connectivity index (χ4n) is 4.49. The second-order valence-electron chi connectivity index (χ2n) is 8.08. The van der Waals surface area contributed by atoms with Gasteiger partial charge in [0.1, 0.15) is 11.6 Å². The predicted octanol–water partition coefficient (Wildman–Crippen LogP) is 1.84. The fraction of sp³-hybridized carbons (Fsp3) is 0.455. The number of fused-ring (bicyclic) bond motifs is 3. The largest absolute Gasteiger partial charge is 0.384 e. The maximum absolute atomic E-state index is 6.20. The molecule has 0 bridgehead atoms. The van der Waals surface area contributed by atoms with Crippen LogP contribution in [0.2, 0.25) is 0 Å². The van der Waals surface area contributed by atoms with Crippen molar-refractivity contribution in [2.45, 2.75) is 19.5 Å². The Balaban J connectivity index is 1.37. The summed E-state index contributed by atoms with van der Waals surface area (Å²) in [5.74, 6) is 1.56. The highest BCUT2D eigenvalue weighted by molar-refractivity contribution is 5.92. The lowest BCUT2D eigenvalue weighted by Gasteiger charge is -2.31. The molecular formula is C22H29N7O. The molecule has 0 spiro atoms. The molecule has 3 aromatic rings. The van der Waals surface area contributed by atoms with Gasteiger partial charge in [-0.1, -0.05) is 30.3 Å². The summed E-state index contributed by atoms with van der Waals surface area (Å²) in [5.41, 5.74) is 10.8. The van der Waals surface area contributed by atoms with Crippen LogP contribution < -0.4 is 11.1 Å². The highest BCUT2D eigenvalue weighted by atomic mass is 16.5. The van der Waals surface area contributed by atoms with Crippen LogP contribution in [0.1, 0.15) is 16.7 Å². The summed E-state index contributed by atoms with van der Waals surface area (Å²) in [6.07, 6.45) is 0.947. The highest BCUT2D eigenvalue weighted by Crippen LogP contribution is 2.33.